The van der Waals surface area contributed by atoms with E-state index in [4.69, 9.17) is 14.8 Å². The summed E-state index contributed by atoms with van der Waals surface area (Å²) in [7, 11) is 7.24. The predicted molar refractivity (Wildman–Crippen MR) is 150 cm³/mol. The van der Waals surface area contributed by atoms with Crippen LogP contribution in [-0.4, -0.2) is 116 Å². The molecule has 0 amide bonds. The molecule has 210 valence electrons. The van der Waals surface area contributed by atoms with Gasteiger partial charge in [0, 0.05) is 45.4 Å². The fraction of sp³-hybridized carbons (Fsp3) is 0.538. The number of likely N-dealkylation sites (N-methyl/N-ethyl adjacent to an activating group) is 1. The molecule has 3 heterocycles. The molecule has 1 N–H and O–H groups in total. The van der Waals surface area contributed by atoms with Crippen LogP contribution in [0, 0.1) is 4.91 Å². The summed E-state index contributed by atoms with van der Waals surface area (Å²) >= 11 is 0. The molecule has 0 bridgehead atoms. The Labute approximate surface area is 228 Å². The molecule has 1 aromatic heterocycles. The van der Waals surface area contributed by atoms with Gasteiger partial charge < -0.3 is 24.7 Å². The highest BCUT2D eigenvalue weighted by molar-refractivity contribution is 5.84. The van der Waals surface area contributed by atoms with E-state index in [1.54, 1.807) is 30.4 Å². The van der Waals surface area contributed by atoms with E-state index in [1.807, 2.05) is 17.0 Å². The number of benzene rings is 1. The molecule has 0 unspecified atom stereocenters. The minimum atomic E-state index is -0.933. The second-order valence-corrected chi connectivity index (χ2v) is 10.1. The lowest BCUT2D eigenvalue weighted by molar-refractivity contribution is -0.736. The summed E-state index contributed by atoms with van der Waals surface area (Å²) in [6, 6.07) is 7.11. The van der Waals surface area contributed by atoms with Crippen molar-refractivity contribution in [2.24, 2.45) is 4.99 Å². The number of nitrogens with zero attached hydrogens (tertiary/aromatic N) is 9. The first kappa shape index (κ1) is 28.2. The molecule has 13 heteroatoms. The van der Waals surface area contributed by atoms with E-state index in [0.717, 1.165) is 56.8 Å². The molecule has 0 atom stereocenters. The summed E-state index contributed by atoms with van der Waals surface area (Å²) in [6.07, 6.45) is 2.88. The minimum Gasteiger partial charge on any atom is -0.480 e. The maximum atomic E-state index is 11.7. The fourth-order valence-electron chi connectivity index (χ4n) is 4.77. The van der Waals surface area contributed by atoms with Crippen LogP contribution in [-0.2, 0) is 22.7 Å². The quantitative estimate of drug-likeness (QED) is 0.395. The highest BCUT2D eigenvalue weighted by atomic mass is 16.8. The van der Waals surface area contributed by atoms with E-state index in [9.17, 15) is 14.8 Å². The first-order chi connectivity index (χ1) is 18.7. The van der Waals surface area contributed by atoms with Crippen molar-refractivity contribution in [3.05, 3.63) is 40.3 Å². The monoisotopic (exact) mass is 540 g/mol. The first-order valence-electron chi connectivity index (χ1n) is 13.1. The molecular formula is C26H38N9O4+. The van der Waals surface area contributed by atoms with Gasteiger partial charge in [0.15, 0.2) is 7.11 Å². The van der Waals surface area contributed by atoms with Gasteiger partial charge in [-0.2, -0.15) is 9.97 Å². The minimum absolute atomic E-state index is 0.182. The van der Waals surface area contributed by atoms with E-state index < -0.39 is 5.97 Å². The molecule has 2 aliphatic heterocycles. The number of aliphatic imine (C=N–C) groups is 1. The van der Waals surface area contributed by atoms with Gasteiger partial charge in [0.1, 0.15) is 18.2 Å². The topological polar surface area (TPSA) is 121 Å². The number of fused-ring (bicyclic) bond motifs is 1. The van der Waals surface area contributed by atoms with E-state index in [2.05, 4.69) is 33.8 Å². The number of carbonyl (C=O) groups is 1. The number of rotatable bonds is 12. The van der Waals surface area contributed by atoms with Gasteiger partial charge in [0.05, 0.1) is 29.9 Å². The van der Waals surface area contributed by atoms with E-state index in [0.29, 0.717) is 41.3 Å². The predicted octanol–water partition coefficient (Wildman–Crippen LogP) is 1.59. The third kappa shape index (κ3) is 7.18. The van der Waals surface area contributed by atoms with Crippen LogP contribution >= 0.6 is 0 Å². The highest BCUT2D eigenvalue weighted by Gasteiger charge is 2.28. The zero-order chi connectivity index (χ0) is 27.9. The Balaban J connectivity index is 1.57. The van der Waals surface area contributed by atoms with Gasteiger partial charge in [-0.3, -0.25) is 14.7 Å². The second-order valence-electron chi connectivity index (χ2n) is 10.1. The lowest BCUT2D eigenvalue weighted by Crippen LogP contribution is -2.47. The van der Waals surface area contributed by atoms with E-state index in [-0.39, 0.29) is 6.54 Å². The number of hydrogen-bond donors (Lipinski definition) is 1. The lowest BCUT2D eigenvalue weighted by atomic mass is 10.1. The van der Waals surface area contributed by atoms with Gasteiger partial charge in [-0.1, -0.05) is 12.1 Å². The third-order valence-corrected chi connectivity index (χ3v) is 6.83. The maximum Gasteiger partial charge on any atom is 0.323 e. The van der Waals surface area contributed by atoms with Crippen LogP contribution in [0.2, 0.25) is 0 Å². The SMILES string of the molecule is CO[N+](=O)c1ccc(CN2C=NCc3c(N(C)CC(=O)O)nc(N4CCN(CCCN(C)C)CC4)nc32)cc1. The van der Waals surface area contributed by atoms with Crippen LogP contribution in [0.1, 0.15) is 17.5 Å². The Morgan fingerprint density at radius 3 is 2.46 bits per heavy atom. The number of carboxylic acids is 1. The Bertz CT molecular complexity index is 1180. The molecule has 0 spiro atoms. The summed E-state index contributed by atoms with van der Waals surface area (Å²) in [4.78, 5) is 53.2. The van der Waals surface area contributed by atoms with Crippen molar-refractivity contribution in [2.45, 2.75) is 19.5 Å². The van der Waals surface area contributed by atoms with Gasteiger partial charge in [-0.25, -0.2) is 4.84 Å². The molecule has 1 fully saturated rings. The molecule has 1 saturated heterocycles. The van der Waals surface area contributed by atoms with Crippen LogP contribution in [0.25, 0.3) is 0 Å². The summed E-state index contributed by atoms with van der Waals surface area (Å²) in [6.45, 7) is 6.21. The molecule has 1 aromatic carbocycles. The van der Waals surface area contributed by atoms with Gasteiger partial charge >= 0.3 is 11.7 Å². The Kier molecular flexibility index (Phi) is 9.25. The number of piperazine rings is 1. The molecule has 13 nitrogen and oxygen atoms in total. The lowest BCUT2D eigenvalue weighted by Gasteiger charge is -2.36. The van der Waals surface area contributed by atoms with Crippen LogP contribution in [0.4, 0.5) is 23.3 Å². The van der Waals surface area contributed by atoms with Crippen molar-refractivity contribution in [1.29, 1.82) is 0 Å². The van der Waals surface area contributed by atoms with Crippen LogP contribution < -0.4 is 14.7 Å². The second kappa shape index (κ2) is 12.8. The molecule has 39 heavy (non-hydrogen) atoms. The van der Waals surface area contributed by atoms with Crippen molar-refractivity contribution in [3.8, 4) is 0 Å². The number of anilines is 3. The standard InChI is InChI=1S/C26H37N9O4/c1-30(2)10-5-11-32-12-14-33(15-13-32)26-28-24(31(3)18-23(36)37)22-16-27-19-34(25(22)29-26)17-20-6-8-21(9-7-20)35(38)39-4/h6-9,19H,5,10-18H2,1-4H3/p+1. The van der Waals surface area contributed by atoms with E-state index in [1.165, 1.54) is 7.11 Å². The van der Waals surface area contributed by atoms with Gasteiger partial charge in [0.25, 0.3) is 4.92 Å². The molecule has 4 rings (SSSR count). The van der Waals surface area contributed by atoms with Crippen molar-refractivity contribution < 1.29 is 19.7 Å². The molecular weight excluding hydrogens is 502 g/mol. The molecule has 0 aliphatic carbocycles. The average molecular weight is 541 g/mol. The van der Waals surface area contributed by atoms with Crippen LogP contribution in [0.3, 0.4) is 0 Å². The van der Waals surface area contributed by atoms with Gasteiger partial charge in [-0.15, -0.1) is 0 Å². The largest absolute Gasteiger partial charge is 0.480 e. The Morgan fingerprint density at radius 2 is 1.82 bits per heavy atom. The number of aliphatic carboxylic acids is 1. The first-order valence-corrected chi connectivity index (χ1v) is 13.1. The summed E-state index contributed by atoms with van der Waals surface area (Å²) < 4.78 is 0. The number of aromatic nitrogens is 2. The van der Waals surface area contributed by atoms with E-state index >= 15 is 0 Å². The smallest absolute Gasteiger partial charge is 0.323 e. The van der Waals surface area contributed by atoms with Crippen molar-refractivity contribution in [1.82, 2.24) is 19.8 Å². The van der Waals surface area contributed by atoms with Gasteiger partial charge in [0.2, 0.25) is 5.95 Å². The zero-order valence-electron chi connectivity index (χ0n) is 23.2. The molecule has 0 radical (unpaired) electrons. The van der Waals surface area contributed by atoms with Gasteiger partial charge in [-0.05, 0) is 39.2 Å². The number of hydrogen-bond acceptors (Lipinski definition) is 11. The van der Waals surface area contributed by atoms with Crippen molar-refractivity contribution in [3.63, 3.8) is 0 Å². The fourth-order valence-corrected chi connectivity index (χ4v) is 4.77. The van der Waals surface area contributed by atoms with Crippen LogP contribution in [0.15, 0.2) is 29.3 Å². The highest BCUT2D eigenvalue weighted by Crippen LogP contribution is 2.33. The summed E-state index contributed by atoms with van der Waals surface area (Å²) in [5.41, 5.74) is 2.14. The normalized spacial score (nSPS) is 15.4. The molecule has 2 aromatic rings. The summed E-state index contributed by atoms with van der Waals surface area (Å²) in [5.74, 6) is 0.941. The Morgan fingerprint density at radius 1 is 1.10 bits per heavy atom. The zero-order valence-corrected chi connectivity index (χ0v) is 23.2. The van der Waals surface area contributed by atoms with Crippen molar-refractivity contribution in [2.75, 3.05) is 88.8 Å². The molecule has 2 aliphatic rings. The maximum absolute atomic E-state index is 11.7. The summed E-state index contributed by atoms with van der Waals surface area (Å²) in [5, 5.41) is 9.45. The van der Waals surface area contributed by atoms with Crippen LogP contribution in [0.5, 0.6) is 0 Å². The average Bonchev–Trinajstić information content (AvgIpc) is 2.92. The third-order valence-electron chi connectivity index (χ3n) is 6.83. The number of carboxylic acid groups (broad SMARTS) is 1. The molecule has 0 saturated carbocycles. The Hall–Kier alpha value is -3.84. The van der Waals surface area contributed by atoms with Crippen molar-refractivity contribution >= 4 is 35.6 Å².